The minimum atomic E-state index is 0.684. The molecule has 2 heteroatoms. The van der Waals surface area contributed by atoms with Gasteiger partial charge in [0.1, 0.15) is 0 Å². The molecule has 1 unspecified atom stereocenters. The van der Waals surface area contributed by atoms with Gasteiger partial charge in [-0.25, -0.2) is 0 Å². The van der Waals surface area contributed by atoms with Gasteiger partial charge in [0.2, 0.25) is 0 Å². The summed E-state index contributed by atoms with van der Waals surface area (Å²) >= 11 is 0. The molecule has 1 saturated heterocycles. The molecule has 0 radical (unpaired) electrons. The van der Waals surface area contributed by atoms with E-state index in [0.29, 0.717) is 12.5 Å². The van der Waals surface area contributed by atoms with Crippen molar-refractivity contribution in [2.24, 2.45) is 5.92 Å². The minimum absolute atomic E-state index is 0.684. The highest BCUT2D eigenvalue weighted by Crippen LogP contribution is 2.22. The van der Waals surface area contributed by atoms with Gasteiger partial charge >= 0.3 is 0 Å². The van der Waals surface area contributed by atoms with Gasteiger partial charge in [-0.3, -0.25) is 4.90 Å². The molecule has 0 aromatic heterocycles. The predicted octanol–water partition coefficient (Wildman–Crippen LogP) is 2.80. The summed E-state index contributed by atoms with van der Waals surface area (Å²) < 4.78 is 0. The van der Waals surface area contributed by atoms with Crippen LogP contribution in [0.1, 0.15) is 46.0 Å². The summed E-state index contributed by atoms with van der Waals surface area (Å²) in [5, 5.41) is 8.62. The lowest BCUT2D eigenvalue weighted by atomic mass is 9.98. The van der Waals surface area contributed by atoms with Gasteiger partial charge in [-0.1, -0.05) is 26.7 Å². The average Bonchev–Trinajstić information content (AvgIpc) is 2.39. The summed E-state index contributed by atoms with van der Waals surface area (Å²) in [4.78, 5) is 2.53. The summed E-state index contributed by atoms with van der Waals surface area (Å²) in [5.41, 5.74) is 0. The lowest BCUT2D eigenvalue weighted by Crippen LogP contribution is -2.39. The third-order valence-electron chi connectivity index (χ3n) is 3.19. The van der Waals surface area contributed by atoms with Gasteiger partial charge < -0.3 is 0 Å². The Kier molecular flexibility index (Phi) is 4.97. The molecule has 0 aliphatic carbocycles. The average molecular weight is 194 g/mol. The van der Waals surface area contributed by atoms with Crippen molar-refractivity contribution in [1.29, 1.82) is 5.26 Å². The van der Waals surface area contributed by atoms with Gasteiger partial charge in [0.15, 0.2) is 0 Å². The Hall–Kier alpha value is -0.550. The third kappa shape index (κ3) is 3.31. The molecule has 1 heterocycles. The summed E-state index contributed by atoms with van der Waals surface area (Å²) in [6, 6.07) is 2.97. The summed E-state index contributed by atoms with van der Waals surface area (Å²) in [6.07, 6.45) is 6.05. The number of hydrogen-bond donors (Lipinski definition) is 0. The molecule has 2 nitrogen and oxygen atoms in total. The lowest BCUT2D eigenvalue weighted by Gasteiger charge is -2.32. The van der Waals surface area contributed by atoms with E-state index in [2.05, 4.69) is 24.8 Å². The molecule has 0 saturated carbocycles. The summed E-state index contributed by atoms with van der Waals surface area (Å²) in [6.45, 7) is 6.77. The lowest BCUT2D eigenvalue weighted by molar-refractivity contribution is 0.161. The van der Waals surface area contributed by atoms with E-state index < -0.39 is 0 Å². The Bertz CT molecular complexity index is 193. The highest BCUT2D eigenvalue weighted by atomic mass is 15.2. The van der Waals surface area contributed by atoms with E-state index in [4.69, 9.17) is 5.26 Å². The van der Waals surface area contributed by atoms with Crippen LogP contribution in [0, 0.1) is 17.2 Å². The quantitative estimate of drug-likeness (QED) is 0.690. The molecule has 0 N–H and O–H groups in total. The van der Waals surface area contributed by atoms with Crippen LogP contribution in [0.5, 0.6) is 0 Å². The maximum atomic E-state index is 8.62. The Balaban J connectivity index is 2.51. The first-order chi connectivity index (χ1) is 6.75. The van der Waals surface area contributed by atoms with Crippen LogP contribution in [0.3, 0.4) is 0 Å². The number of hydrogen-bond acceptors (Lipinski definition) is 2. The van der Waals surface area contributed by atoms with Crippen LogP contribution in [0.4, 0.5) is 0 Å². The van der Waals surface area contributed by atoms with Crippen LogP contribution < -0.4 is 0 Å². The molecule has 1 aliphatic heterocycles. The Morgan fingerprint density at radius 3 is 2.79 bits per heavy atom. The standard InChI is InChI=1S/C12H22N2/c1-11(2)12-7-4-3-5-9-14(12)10-6-8-13/h11-12H,3-7,9-10H2,1-2H3. The maximum Gasteiger partial charge on any atom is 0.0635 e. The minimum Gasteiger partial charge on any atom is -0.299 e. The van der Waals surface area contributed by atoms with Crippen molar-refractivity contribution < 1.29 is 0 Å². The van der Waals surface area contributed by atoms with Crippen LogP contribution in [0.2, 0.25) is 0 Å². The smallest absolute Gasteiger partial charge is 0.0635 e. The normalized spacial score (nSPS) is 24.6. The zero-order valence-electron chi connectivity index (χ0n) is 9.50. The maximum absolute atomic E-state index is 8.62. The molecule has 0 spiro atoms. The molecule has 1 aliphatic rings. The van der Waals surface area contributed by atoms with Crippen LogP contribution in [-0.2, 0) is 0 Å². The first-order valence-electron chi connectivity index (χ1n) is 5.86. The van der Waals surface area contributed by atoms with Crippen molar-refractivity contribution >= 4 is 0 Å². The molecule has 14 heavy (non-hydrogen) atoms. The first kappa shape index (κ1) is 11.5. The predicted molar refractivity (Wildman–Crippen MR) is 58.9 cm³/mol. The van der Waals surface area contributed by atoms with Gasteiger partial charge in [0, 0.05) is 19.0 Å². The molecule has 1 atom stereocenters. The van der Waals surface area contributed by atoms with Crippen molar-refractivity contribution in [3.8, 4) is 6.07 Å². The van der Waals surface area contributed by atoms with Gasteiger partial charge in [-0.05, 0) is 25.3 Å². The van der Waals surface area contributed by atoms with E-state index in [1.807, 2.05) is 0 Å². The van der Waals surface area contributed by atoms with Crippen molar-refractivity contribution in [3.05, 3.63) is 0 Å². The Morgan fingerprint density at radius 1 is 1.36 bits per heavy atom. The van der Waals surface area contributed by atoms with Gasteiger partial charge in [-0.2, -0.15) is 5.26 Å². The first-order valence-corrected chi connectivity index (χ1v) is 5.86. The van der Waals surface area contributed by atoms with Crippen LogP contribution >= 0.6 is 0 Å². The second-order valence-corrected chi connectivity index (χ2v) is 4.60. The Morgan fingerprint density at radius 2 is 2.14 bits per heavy atom. The van der Waals surface area contributed by atoms with E-state index >= 15 is 0 Å². The molecule has 0 amide bonds. The molecular weight excluding hydrogens is 172 g/mol. The fourth-order valence-corrected chi connectivity index (χ4v) is 2.42. The van der Waals surface area contributed by atoms with E-state index in [-0.39, 0.29) is 0 Å². The van der Waals surface area contributed by atoms with E-state index in [1.54, 1.807) is 0 Å². The fourth-order valence-electron chi connectivity index (χ4n) is 2.42. The SMILES string of the molecule is CC(C)C1CCCCCN1CCC#N. The zero-order chi connectivity index (χ0) is 10.4. The van der Waals surface area contributed by atoms with Gasteiger partial charge in [0.05, 0.1) is 6.07 Å². The summed E-state index contributed by atoms with van der Waals surface area (Å²) in [7, 11) is 0. The fraction of sp³-hybridized carbons (Fsp3) is 0.917. The van der Waals surface area contributed by atoms with Crippen LogP contribution in [-0.4, -0.2) is 24.0 Å². The molecule has 1 rings (SSSR count). The number of nitriles is 1. The highest BCUT2D eigenvalue weighted by Gasteiger charge is 2.22. The molecule has 0 bridgehead atoms. The molecule has 0 aromatic carbocycles. The zero-order valence-corrected chi connectivity index (χ0v) is 9.50. The summed E-state index contributed by atoms with van der Waals surface area (Å²) in [5.74, 6) is 0.729. The van der Waals surface area contributed by atoms with Crippen molar-refractivity contribution in [1.82, 2.24) is 4.90 Å². The van der Waals surface area contributed by atoms with E-state index in [1.165, 1.54) is 32.2 Å². The largest absolute Gasteiger partial charge is 0.299 e. The molecular formula is C12H22N2. The highest BCUT2D eigenvalue weighted by molar-refractivity contribution is 4.81. The van der Waals surface area contributed by atoms with E-state index in [9.17, 15) is 0 Å². The number of likely N-dealkylation sites (tertiary alicyclic amines) is 1. The molecule has 1 fully saturated rings. The number of nitrogens with zero attached hydrogens (tertiary/aromatic N) is 2. The topological polar surface area (TPSA) is 27.0 Å². The van der Waals surface area contributed by atoms with Crippen molar-refractivity contribution in [2.75, 3.05) is 13.1 Å². The monoisotopic (exact) mass is 194 g/mol. The van der Waals surface area contributed by atoms with Crippen LogP contribution in [0.25, 0.3) is 0 Å². The van der Waals surface area contributed by atoms with Crippen molar-refractivity contribution in [2.45, 2.75) is 52.0 Å². The number of rotatable bonds is 3. The second-order valence-electron chi connectivity index (χ2n) is 4.60. The van der Waals surface area contributed by atoms with Crippen molar-refractivity contribution in [3.63, 3.8) is 0 Å². The van der Waals surface area contributed by atoms with Gasteiger partial charge in [-0.15, -0.1) is 0 Å². The van der Waals surface area contributed by atoms with Crippen LogP contribution in [0.15, 0.2) is 0 Å². The van der Waals surface area contributed by atoms with E-state index in [0.717, 1.165) is 12.5 Å². The molecule has 80 valence electrons. The Labute approximate surface area is 87.9 Å². The second kappa shape index (κ2) is 6.03. The molecule has 0 aromatic rings. The van der Waals surface area contributed by atoms with Gasteiger partial charge in [0.25, 0.3) is 0 Å². The third-order valence-corrected chi connectivity index (χ3v) is 3.19.